The summed E-state index contributed by atoms with van der Waals surface area (Å²) in [7, 11) is 0. The van der Waals surface area contributed by atoms with Crippen molar-refractivity contribution in [2.24, 2.45) is 17.8 Å². The lowest BCUT2D eigenvalue weighted by atomic mass is 9.92. The van der Waals surface area contributed by atoms with Crippen LogP contribution < -0.4 is 0 Å². The molecule has 38 heavy (non-hydrogen) atoms. The van der Waals surface area contributed by atoms with Gasteiger partial charge in [-0.25, -0.2) is 0 Å². The van der Waals surface area contributed by atoms with Crippen molar-refractivity contribution in [1.82, 2.24) is 0 Å². The van der Waals surface area contributed by atoms with Crippen molar-refractivity contribution in [3.63, 3.8) is 0 Å². The quantitative estimate of drug-likeness (QED) is 0.0752. The van der Waals surface area contributed by atoms with E-state index in [1.54, 1.807) is 0 Å². The van der Waals surface area contributed by atoms with Gasteiger partial charge in [0.15, 0.2) is 0 Å². The molecule has 0 radical (unpaired) electrons. The van der Waals surface area contributed by atoms with Gasteiger partial charge in [-0.2, -0.15) is 0 Å². The molecule has 0 aliphatic heterocycles. The fourth-order valence-corrected chi connectivity index (χ4v) is 6.36. The Morgan fingerprint density at radius 3 is 0.737 bits per heavy atom. The second-order valence-corrected chi connectivity index (χ2v) is 13.8. The Bertz CT molecular complexity index is 412. The maximum absolute atomic E-state index is 2.51. The normalized spacial score (nSPS) is 14.1. The minimum atomic E-state index is 0.951. The molecule has 0 nitrogen and oxygen atoms in total. The van der Waals surface area contributed by atoms with E-state index < -0.39 is 0 Å². The molecule has 0 spiro atoms. The number of hydrogen-bond acceptors (Lipinski definition) is 0. The third kappa shape index (κ3) is 30.5. The predicted octanol–water partition coefficient (Wildman–Crippen LogP) is 14.6. The highest BCUT2D eigenvalue weighted by atomic mass is 14.1. The molecule has 0 aromatic rings. The highest BCUT2D eigenvalue weighted by Gasteiger charge is 2.06. The van der Waals surface area contributed by atoms with E-state index in [1.165, 1.54) is 193 Å². The van der Waals surface area contributed by atoms with Crippen LogP contribution in [0.1, 0.15) is 227 Å². The Labute approximate surface area is 244 Å². The summed E-state index contributed by atoms with van der Waals surface area (Å²) in [6, 6.07) is 0. The van der Waals surface area contributed by atoms with E-state index in [-0.39, 0.29) is 0 Å². The molecule has 230 valence electrons. The maximum atomic E-state index is 2.51. The summed E-state index contributed by atoms with van der Waals surface area (Å²) in [5, 5.41) is 0. The molecule has 0 bridgehead atoms. The fourth-order valence-electron chi connectivity index (χ4n) is 6.36. The zero-order valence-electron chi connectivity index (χ0n) is 27.9. The van der Waals surface area contributed by atoms with Crippen LogP contribution in [0.2, 0.25) is 0 Å². The van der Waals surface area contributed by atoms with Crippen molar-refractivity contribution in [2.45, 2.75) is 227 Å². The standard InChI is InChI=1S/C38H78/c1-6-8-10-11-12-13-14-15-16-17-18-19-20-21-23-26-32-37(4)34-29-35-38(5)33-28-25-22-24-27-31-36(3)30-9-7-2/h36-38H,6-35H2,1-5H3. The summed E-state index contributed by atoms with van der Waals surface area (Å²) in [5.74, 6) is 2.86. The molecular formula is C38H78. The number of rotatable bonds is 32. The van der Waals surface area contributed by atoms with Crippen LogP contribution in [-0.4, -0.2) is 0 Å². The summed E-state index contributed by atoms with van der Waals surface area (Å²) in [6.45, 7) is 12.1. The first-order chi connectivity index (χ1) is 18.6. The van der Waals surface area contributed by atoms with Crippen molar-refractivity contribution >= 4 is 0 Å². The van der Waals surface area contributed by atoms with Crippen molar-refractivity contribution in [2.75, 3.05) is 0 Å². The summed E-state index contributed by atoms with van der Waals surface area (Å²) >= 11 is 0. The van der Waals surface area contributed by atoms with Gasteiger partial charge >= 0.3 is 0 Å². The lowest BCUT2D eigenvalue weighted by molar-refractivity contribution is 0.389. The Balaban J connectivity index is 3.30. The van der Waals surface area contributed by atoms with E-state index in [2.05, 4.69) is 34.6 Å². The highest BCUT2D eigenvalue weighted by molar-refractivity contribution is 4.60. The van der Waals surface area contributed by atoms with Crippen LogP contribution in [0.4, 0.5) is 0 Å². The van der Waals surface area contributed by atoms with Crippen LogP contribution in [0.15, 0.2) is 0 Å². The smallest absolute Gasteiger partial charge is 0.0443 e. The molecule has 0 saturated heterocycles. The van der Waals surface area contributed by atoms with Gasteiger partial charge in [0.25, 0.3) is 0 Å². The Morgan fingerprint density at radius 1 is 0.237 bits per heavy atom. The third-order valence-electron chi connectivity index (χ3n) is 9.39. The molecule has 0 aliphatic rings. The number of unbranched alkanes of at least 4 members (excludes halogenated alkanes) is 20. The molecule has 3 unspecified atom stereocenters. The largest absolute Gasteiger partial charge is 0.0654 e. The van der Waals surface area contributed by atoms with Gasteiger partial charge in [0, 0.05) is 0 Å². The zero-order valence-corrected chi connectivity index (χ0v) is 27.9. The summed E-state index contributed by atoms with van der Waals surface area (Å²) in [5.41, 5.74) is 0. The van der Waals surface area contributed by atoms with E-state index >= 15 is 0 Å². The number of hydrogen-bond donors (Lipinski definition) is 0. The van der Waals surface area contributed by atoms with Crippen molar-refractivity contribution in [3.05, 3.63) is 0 Å². The van der Waals surface area contributed by atoms with Gasteiger partial charge in [-0.3, -0.25) is 0 Å². The van der Waals surface area contributed by atoms with Gasteiger partial charge in [0.1, 0.15) is 0 Å². The van der Waals surface area contributed by atoms with Gasteiger partial charge in [0.2, 0.25) is 0 Å². The van der Waals surface area contributed by atoms with Crippen LogP contribution in [0.25, 0.3) is 0 Å². The van der Waals surface area contributed by atoms with Gasteiger partial charge < -0.3 is 0 Å². The molecule has 0 aromatic heterocycles. The molecule has 0 heterocycles. The monoisotopic (exact) mass is 535 g/mol. The van der Waals surface area contributed by atoms with Crippen LogP contribution in [0.5, 0.6) is 0 Å². The lowest BCUT2D eigenvalue weighted by Gasteiger charge is -2.14. The minimum Gasteiger partial charge on any atom is -0.0654 e. The van der Waals surface area contributed by atoms with Gasteiger partial charge in [-0.05, 0) is 17.8 Å². The van der Waals surface area contributed by atoms with Crippen LogP contribution in [0.3, 0.4) is 0 Å². The van der Waals surface area contributed by atoms with E-state index in [0.29, 0.717) is 0 Å². The second kappa shape index (κ2) is 31.5. The average molecular weight is 535 g/mol. The summed E-state index contributed by atoms with van der Waals surface area (Å²) in [4.78, 5) is 0. The van der Waals surface area contributed by atoms with Crippen molar-refractivity contribution in [3.8, 4) is 0 Å². The molecule has 0 rings (SSSR count). The zero-order chi connectivity index (χ0) is 27.9. The lowest BCUT2D eigenvalue weighted by Crippen LogP contribution is -1.99. The van der Waals surface area contributed by atoms with Gasteiger partial charge in [0.05, 0.1) is 0 Å². The van der Waals surface area contributed by atoms with E-state index in [9.17, 15) is 0 Å². The van der Waals surface area contributed by atoms with Gasteiger partial charge in [-0.1, -0.05) is 227 Å². The molecular weight excluding hydrogens is 456 g/mol. The first-order valence-corrected chi connectivity index (χ1v) is 18.6. The maximum Gasteiger partial charge on any atom is -0.0443 e. The van der Waals surface area contributed by atoms with Crippen LogP contribution in [0, 0.1) is 17.8 Å². The van der Waals surface area contributed by atoms with Gasteiger partial charge in [-0.15, -0.1) is 0 Å². The van der Waals surface area contributed by atoms with Crippen LogP contribution >= 0.6 is 0 Å². The average Bonchev–Trinajstić information content (AvgIpc) is 2.91. The molecule has 0 aromatic carbocycles. The molecule has 0 fully saturated rings. The Hall–Kier alpha value is 0. The van der Waals surface area contributed by atoms with E-state index in [4.69, 9.17) is 0 Å². The molecule has 0 heteroatoms. The highest BCUT2D eigenvalue weighted by Crippen LogP contribution is 2.22. The molecule has 0 saturated carbocycles. The minimum absolute atomic E-state index is 0.951. The topological polar surface area (TPSA) is 0 Å². The predicted molar refractivity (Wildman–Crippen MR) is 177 cm³/mol. The van der Waals surface area contributed by atoms with E-state index in [0.717, 1.165) is 17.8 Å². The molecule has 0 N–H and O–H groups in total. The summed E-state index contributed by atoms with van der Waals surface area (Å²) < 4.78 is 0. The second-order valence-electron chi connectivity index (χ2n) is 13.8. The SMILES string of the molecule is CCCCCCCCCCCCCCCCCCC(C)CCCC(C)CCCCCCCC(C)CCCC. The van der Waals surface area contributed by atoms with Crippen molar-refractivity contribution in [1.29, 1.82) is 0 Å². The first kappa shape index (κ1) is 38.0. The molecule has 3 atom stereocenters. The van der Waals surface area contributed by atoms with Crippen molar-refractivity contribution < 1.29 is 0 Å². The van der Waals surface area contributed by atoms with E-state index in [1.807, 2.05) is 0 Å². The summed E-state index contributed by atoms with van der Waals surface area (Å²) in [6.07, 6.45) is 44.0. The Kier molecular flexibility index (Phi) is 31.5. The first-order valence-electron chi connectivity index (χ1n) is 18.6. The third-order valence-corrected chi connectivity index (χ3v) is 9.39. The Morgan fingerprint density at radius 2 is 0.447 bits per heavy atom. The molecule has 0 amide bonds. The fraction of sp³-hybridized carbons (Fsp3) is 1.00. The van der Waals surface area contributed by atoms with Crippen LogP contribution in [-0.2, 0) is 0 Å². The molecule has 0 aliphatic carbocycles.